The summed E-state index contributed by atoms with van der Waals surface area (Å²) < 4.78 is 33.7. The van der Waals surface area contributed by atoms with Crippen LogP contribution in [0.25, 0.3) is 16.9 Å². The highest BCUT2D eigenvalue weighted by molar-refractivity contribution is 5.82. The van der Waals surface area contributed by atoms with Crippen LogP contribution in [-0.4, -0.2) is 69.9 Å². The van der Waals surface area contributed by atoms with Gasteiger partial charge in [0.15, 0.2) is 17.1 Å². The van der Waals surface area contributed by atoms with Crippen LogP contribution in [0.1, 0.15) is 37.2 Å². The second-order valence-corrected chi connectivity index (χ2v) is 9.85. The van der Waals surface area contributed by atoms with Gasteiger partial charge in [0.2, 0.25) is 5.95 Å². The molecule has 0 amide bonds. The van der Waals surface area contributed by atoms with Gasteiger partial charge in [-0.3, -0.25) is 4.90 Å². The first-order chi connectivity index (χ1) is 18.5. The highest BCUT2D eigenvalue weighted by Crippen LogP contribution is 2.31. The third kappa shape index (κ3) is 4.78. The summed E-state index contributed by atoms with van der Waals surface area (Å²) in [6.45, 7) is 1.44. The van der Waals surface area contributed by atoms with E-state index in [1.807, 2.05) is 6.20 Å². The summed E-state index contributed by atoms with van der Waals surface area (Å²) >= 11 is 0. The number of ether oxygens (including phenoxy) is 1. The number of nitrogens with zero attached hydrogens (tertiary/aromatic N) is 8. The van der Waals surface area contributed by atoms with Gasteiger partial charge in [-0.2, -0.15) is 18.4 Å². The Labute approximate surface area is 217 Å². The summed E-state index contributed by atoms with van der Waals surface area (Å²) in [6, 6.07) is 6.60. The number of rotatable bonds is 7. The van der Waals surface area contributed by atoms with Crippen molar-refractivity contribution in [2.45, 2.75) is 64.6 Å². The predicted molar refractivity (Wildman–Crippen MR) is 134 cm³/mol. The Morgan fingerprint density at radius 1 is 1.11 bits per heavy atom. The van der Waals surface area contributed by atoms with Gasteiger partial charge in [0.25, 0.3) is 0 Å². The van der Waals surface area contributed by atoms with Crippen molar-refractivity contribution in [3.05, 3.63) is 48.2 Å². The molecule has 6 rings (SSSR count). The smallest absolute Gasteiger partial charge is 0.387 e. The number of imidazole rings is 1. The number of anilines is 1. The number of hydrogen-bond acceptors (Lipinski definition) is 9. The predicted octanol–water partition coefficient (Wildman–Crippen LogP) is 3.12. The van der Waals surface area contributed by atoms with Gasteiger partial charge in [0.1, 0.15) is 17.6 Å². The molecule has 0 radical (unpaired) electrons. The summed E-state index contributed by atoms with van der Waals surface area (Å²) in [6.07, 6.45) is 6.58. The minimum atomic E-state index is -2.95. The summed E-state index contributed by atoms with van der Waals surface area (Å²) in [5.41, 5.74) is 1.89. The van der Waals surface area contributed by atoms with Gasteiger partial charge >= 0.3 is 6.61 Å². The maximum absolute atomic E-state index is 12.7. The van der Waals surface area contributed by atoms with Crippen LogP contribution in [0, 0.1) is 12.8 Å². The molecule has 3 aromatic heterocycles. The lowest BCUT2D eigenvalue weighted by molar-refractivity contribution is -0.0649. The third-order valence-corrected chi connectivity index (χ3v) is 7.51. The molecule has 1 aromatic carbocycles. The van der Waals surface area contributed by atoms with Crippen molar-refractivity contribution in [2.75, 3.05) is 11.9 Å². The number of halogens is 2. The first-order valence-electron chi connectivity index (χ1n) is 12.8. The maximum Gasteiger partial charge on any atom is 0.387 e. The molecular formula is C25H29F2N9O2. The zero-order valence-corrected chi connectivity index (χ0v) is 20.9. The lowest BCUT2D eigenvalue weighted by Gasteiger charge is -2.39. The van der Waals surface area contributed by atoms with Gasteiger partial charge in [-0.05, 0) is 50.7 Å². The molecule has 38 heavy (non-hydrogen) atoms. The van der Waals surface area contributed by atoms with Crippen LogP contribution in [-0.2, 0) is 13.1 Å². The van der Waals surface area contributed by atoms with Crippen molar-refractivity contribution in [3.63, 3.8) is 0 Å². The van der Waals surface area contributed by atoms with Crippen LogP contribution in [0.15, 0.2) is 36.7 Å². The quantitative estimate of drug-likeness (QED) is 0.375. The molecule has 4 heterocycles. The van der Waals surface area contributed by atoms with Gasteiger partial charge in [-0.25, -0.2) is 9.97 Å². The number of benzene rings is 1. The van der Waals surface area contributed by atoms with E-state index in [2.05, 4.69) is 51.7 Å². The molecule has 13 heteroatoms. The first-order valence-corrected chi connectivity index (χ1v) is 12.8. The maximum atomic E-state index is 12.7. The molecule has 2 N–H and O–H groups in total. The molecule has 0 spiro atoms. The Balaban J connectivity index is 1.09. The zero-order chi connectivity index (χ0) is 26.2. The molecule has 1 fully saturated rings. The molecule has 1 saturated carbocycles. The van der Waals surface area contributed by atoms with Crippen molar-refractivity contribution < 1.29 is 18.6 Å². The van der Waals surface area contributed by atoms with E-state index in [0.717, 1.165) is 50.3 Å². The molecule has 1 aliphatic carbocycles. The second-order valence-electron chi connectivity index (χ2n) is 9.85. The van der Waals surface area contributed by atoms with E-state index in [-0.39, 0.29) is 23.2 Å². The van der Waals surface area contributed by atoms with Crippen molar-refractivity contribution in [3.8, 4) is 11.6 Å². The Morgan fingerprint density at radius 3 is 2.76 bits per heavy atom. The molecule has 200 valence electrons. The summed E-state index contributed by atoms with van der Waals surface area (Å²) in [5.74, 6) is 2.09. The number of nitrogens with one attached hydrogen (secondary N) is 1. The van der Waals surface area contributed by atoms with Crippen molar-refractivity contribution in [2.24, 2.45) is 5.92 Å². The summed E-state index contributed by atoms with van der Waals surface area (Å²) in [7, 11) is 0. The zero-order valence-electron chi connectivity index (χ0n) is 20.9. The van der Waals surface area contributed by atoms with Crippen LogP contribution in [0.3, 0.4) is 0 Å². The minimum Gasteiger partial charge on any atom is -0.432 e. The highest BCUT2D eigenvalue weighted by atomic mass is 19.3. The van der Waals surface area contributed by atoms with Crippen molar-refractivity contribution >= 4 is 17.0 Å². The molecule has 11 nitrogen and oxygen atoms in total. The van der Waals surface area contributed by atoms with E-state index in [9.17, 15) is 13.9 Å². The van der Waals surface area contributed by atoms with Crippen molar-refractivity contribution in [1.29, 1.82) is 0 Å². The lowest BCUT2D eigenvalue weighted by atomic mass is 9.84. The fourth-order valence-electron chi connectivity index (χ4n) is 5.52. The third-order valence-electron chi connectivity index (χ3n) is 7.51. The SMILES string of the molecule is Cc1cnc2n1CCN(C(O)C1CCC(Nc3nccc(-n4nnc5c(OC(F)F)cccc54)n3)CC1)C2. The van der Waals surface area contributed by atoms with Crippen LogP contribution in [0.2, 0.25) is 0 Å². The van der Waals surface area contributed by atoms with Crippen LogP contribution < -0.4 is 10.1 Å². The average molecular weight is 526 g/mol. The van der Waals surface area contributed by atoms with Crippen LogP contribution in [0.4, 0.5) is 14.7 Å². The molecule has 0 saturated heterocycles. The number of aliphatic hydroxyl groups excluding tert-OH is 1. The standard InChI is InChI=1S/C25H29F2N9O2/c1-15-13-29-21-14-34(11-12-35(15)21)23(37)16-5-7-17(8-6-16)30-25-28-10-9-20(31-25)36-18-3-2-4-19(38-24(26)27)22(18)32-33-36/h2-4,9-10,13,16-17,23-24,37H,5-8,11-12,14H2,1H3,(H,28,30,31). The Bertz CT molecular complexity index is 1420. The minimum absolute atomic E-state index is 0.0417. The van der Waals surface area contributed by atoms with Crippen molar-refractivity contribution in [1.82, 2.24) is 39.4 Å². The number of alkyl halides is 2. The number of hydrogen-bond donors (Lipinski definition) is 2. The molecule has 2 aliphatic rings. The Morgan fingerprint density at radius 2 is 1.95 bits per heavy atom. The monoisotopic (exact) mass is 525 g/mol. The molecule has 0 bridgehead atoms. The van der Waals surface area contributed by atoms with E-state index in [1.165, 1.54) is 10.7 Å². The van der Waals surface area contributed by atoms with Gasteiger partial charge < -0.3 is 19.7 Å². The average Bonchev–Trinajstić information content (AvgIpc) is 3.53. The van der Waals surface area contributed by atoms with E-state index in [4.69, 9.17) is 0 Å². The summed E-state index contributed by atoms with van der Waals surface area (Å²) in [5, 5.41) is 22.6. The first kappa shape index (κ1) is 24.6. The normalized spacial score (nSPS) is 21.0. The topological polar surface area (TPSA) is 119 Å². The number of aromatic nitrogens is 7. The van der Waals surface area contributed by atoms with Crippen LogP contribution in [0.5, 0.6) is 5.75 Å². The Hall–Kier alpha value is -3.71. The fraction of sp³-hybridized carbons (Fsp3) is 0.480. The second kappa shape index (κ2) is 10.2. The van der Waals surface area contributed by atoms with Gasteiger partial charge in [-0.1, -0.05) is 11.3 Å². The van der Waals surface area contributed by atoms with Gasteiger partial charge in [0, 0.05) is 43.3 Å². The summed E-state index contributed by atoms with van der Waals surface area (Å²) in [4.78, 5) is 15.6. The number of fused-ring (bicyclic) bond motifs is 2. The van der Waals surface area contributed by atoms with E-state index >= 15 is 0 Å². The number of aryl methyl sites for hydroxylation is 1. The highest BCUT2D eigenvalue weighted by Gasteiger charge is 2.32. The molecule has 1 atom stereocenters. The van der Waals surface area contributed by atoms with E-state index in [0.29, 0.717) is 23.8 Å². The molecular weight excluding hydrogens is 496 g/mol. The van der Waals surface area contributed by atoms with E-state index in [1.54, 1.807) is 24.4 Å². The van der Waals surface area contributed by atoms with Gasteiger partial charge in [0.05, 0.1) is 6.54 Å². The van der Waals surface area contributed by atoms with Crippen LogP contribution >= 0.6 is 0 Å². The molecule has 1 unspecified atom stereocenters. The largest absolute Gasteiger partial charge is 0.432 e. The fourth-order valence-corrected chi connectivity index (χ4v) is 5.52. The number of aliphatic hydroxyl groups is 1. The molecule has 4 aromatic rings. The van der Waals surface area contributed by atoms with E-state index < -0.39 is 12.8 Å². The molecule has 1 aliphatic heterocycles. The lowest BCUT2D eigenvalue weighted by Crippen LogP contribution is -2.46. The van der Waals surface area contributed by atoms with Gasteiger partial charge in [-0.15, -0.1) is 5.10 Å². The Kier molecular flexibility index (Phi) is 6.62.